The monoisotopic (exact) mass is 391 g/mol. The Morgan fingerprint density at radius 3 is 2.45 bits per heavy atom. The smallest absolute Gasteiger partial charge is 0.295 e. The summed E-state index contributed by atoms with van der Waals surface area (Å²) in [7, 11) is 3.88. The lowest BCUT2D eigenvalue weighted by Crippen LogP contribution is -2.22. The van der Waals surface area contributed by atoms with Crippen LogP contribution >= 0.6 is 0 Å². The van der Waals surface area contributed by atoms with E-state index in [0.29, 0.717) is 17.9 Å². The fourth-order valence-electron chi connectivity index (χ4n) is 3.69. The van der Waals surface area contributed by atoms with E-state index in [2.05, 4.69) is 15.1 Å². The highest BCUT2D eigenvalue weighted by atomic mass is 16.3. The van der Waals surface area contributed by atoms with Gasteiger partial charge >= 0.3 is 0 Å². The second-order valence-corrected chi connectivity index (χ2v) is 7.53. The molecule has 1 aliphatic heterocycles. The van der Waals surface area contributed by atoms with Gasteiger partial charge in [0.15, 0.2) is 5.69 Å². The van der Waals surface area contributed by atoms with Crippen molar-refractivity contribution in [3.8, 4) is 5.88 Å². The summed E-state index contributed by atoms with van der Waals surface area (Å²) in [6.45, 7) is 2.64. The van der Waals surface area contributed by atoms with E-state index in [-0.39, 0.29) is 5.88 Å². The second-order valence-electron chi connectivity index (χ2n) is 7.53. The fourth-order valence-corrected chi connectivity index (χ4v) is 3.69. The molecule has 1 amide bonds. The highest BCUT2D eigenvalue weighted by molar-refractivity contribution is 5.97. The third-order valence-corrected chi connectivity index (χ3v) is 5.33. The van der Waals surface area contributed by atoms with Crippen LogP contribution in [0.25, 0.3) is 10.9 Å². The van der Waals surface area contributed by atoms with Crippen LogP contribution in [0.5, 0.6) is 5.88 Å². The van der Waals surface area contributed by atoms with Gasteiger partial charge in [0.05, 0.1) is 12.2 Å². The van der Waals surface area contributed by atoms with Gasteiger partial charge in [-0.15, -0.1) is 10.2 Å². The molecule has 1 N–H and O–H groups in total. The first-order valence-electron chi connectivity index (χ1n) is 9.80. The van der Waals surface area contributed by atoms with Crippen molar-refractivity contribution in [1.82, 2.24) is 9.47 Å². The number of azo groups is 1. The Morgan fingerprint density at radius 2 is 1.76 bits per heavy atom. The molecule has 0 atom stereocenters. The lowest BCUT2D eigenvalue weighted by Gasteiger charge is -2.17. The average Bonchev–Trinajstić information content (AvgIpc) is 3.34. The van der Waals surface area contributed by atoms with E-state index in [1.807, 2.05) is 60.0 Å². The maximum atomic E-state index is 12.5. The highest BCUT2D eigenvalue weighted by Crippen LogP contribution is 2.39. The number of likely N-dealkylation sites (tertiary alicyclic amines) is 1. The molecule has 0 bridgehead atoms. The summed E-state index contributed by atoms with van der Waals surface area (Å²) in [6, 6.07) is 14.8. The second kappa shape index (κ2) is 8.05. The Morgan fingerprint density at radius 1 is 1.07 bits per heavy atom. The van der Waals surface area contributed by atoms with Gasteiger partial charge in [-0.3, -0.25) is 14.3 Å². The Kier molecular flexibility index (Phi) is 5.31. The zero-order valence-electron chi connectivity index (χ0n) is 16.7. The number of carbonyl (C=O) groups excluding carboxylic acids is 1. The van der Waals surface area contributed by atoms with Gasteiger partial charge in [-0.05, 0) is 56.3 Å². The minimum atomic E-state index is -0.439. The third-order valence-electron chi connectivity index (χ3n) is 5.33. The number of hydrogen-bond acceptors (Lipinski definition) is 5. The van der Waals surface area contributed by atoms with Crippen molar-refractivity contribution in [2.24, 2.45) is 10.2 Å². The molecule has 0 radical (unpaired) electrons. The minimum Gasteiger partial charge on any atom is -0.493 e. The Bertz CT molecular complexity index is 1050. The number of rotatable bonds is 5. The molecule has 150 valence electrons. The first kappa shape index (κ1) is 19.1. The molecule has 1 aromatic heterocycles. The molecule has 29 heavy (non-hydrogen) atoms. The number of carbonyl (C=O) groups is 1. The molecular formula is C22H25N5O2. The molecule has 0 saturated carbocycles. The number of fused-ring (bicyclic) bond motifs is 1. The molecule has 0 unspecified atom stereocenters. The Hall–Kier alpha value is -3.19. The topological polar surface area (TPSA) is 73.4 Å². The van der Waals surface area contributed by atoms with Gasteiger partial charge in [0.25, 0.3) is 5.91 Å². The van der Waals surface area contributed by atoms with Gasteiger partial charge in [-0.25, -0.2) is 0 Å². The first-order chi connectivity index (χ1) is 14.0. The number of benzene rings is 2. The SMILES string of the molecule is CN(C)c1ccc(C(=O)N=Nc2c(O)n(CN3CCCC3)c3ccccc23)cc1. The summed E-state index contributed by atoms with van der Waals surface area (Å²) < 4.78 is 1.84. The van der Waals surface area contributed by atoms with Gasteiger partial charge in [0.1, 0.15) is 0 Å². The standard InChI is InChI=1S/C22H25N5O2/c1-25(2)17-11-9-16(10-12-17)21(28)24-23-20-18-7-3-4-8-19(18)27(22(20)29)15-26-13-5-6-14-26/h3-4,7-12,29H,5-6,13-15H2,1-2H3. The number of hydrogen-bond donors (Lipinski definition) is 1. The molecule has 1 aliphatic rings. The normalized spacial score (nSPS) is 14.8. The number of aromatic hydroxyl groups is 1. The van der Waals surface area contributed by atoms with Crippen LogP contribution in [0.2, 0.25) is 0 Å². The summed E-state index contributed by atoms with van der Waals surface area (Å²) in [6.07, 6.45) is 2.35. The molecule has 0 spiro atoms. The van der Waals surface area contributed by atoms with Crippen molar-refractivity contribution in [3.05, 3.63) is 54.1 Å². The lowest BCUT2D eigenvalue weighted by molar-refractivity contribution is 0.0995. The average molecular weight is 391 g/mol. The van der Waals surface area contributed by atoms with Crippen LogP contribution in [0, 0.1) is 0 Å². The van der Waals surface area contributed by atoms with Gasteiger partial charge in [-0.2, -0.15) is 0 Å². The van der Waals surface area contributed by atoms with Gasteiger partial charge in [0, 0.05) is 30.7 Å². The number of amides is 1. The molecule has 2 aromatic carbocycles. The quantitative estimate of drug-likeness (QED) is 0.655. The van der Waals surface area contributed by atoms with E-state index in [9.17, 15) is 9.90 Å². The fraction of sp³-hybridized carbons (Fsp3) is 0.318. The molecular weight excluding hydrogens is 366 g/mol. The van der Waals surface area contributed by atoms with Crippen molar-refractivity contribution < 1.29 is 9.90 Å². The van der Waals surface area contributed by atoms with Crippen LogP contribution in [-0.2, 0) is 6.67 Å². The Balaban J connectivity index is 1.63. The van der Waals surface area contributed by atoms with Crippen LogP contribution in [0.1, 0.15) is 23.2 Å². The maximum absolute atomic E-state index is 12.5. The van der Waals surface area contributed by atoms with Gasteiger partial charge < -0.3 is 10.0 Å². The predicted octanol–water partition coefficient (Wildman–Crippen LogP) is 4.39. The van der Waals surface area contributed by atoms with E-state index in [1.54, 1.807) is 12.1 Å². The maximum Gasteiger partial charge on any atom is 0.295 e. The summed E-state index contributed by atoms with van der Waals surface area (Å²) in [4.78, 5) is 16.7. The number of para-hydroxylation sites is 1. The zero-order chi connectivity index (χ0) is 20.4. The highest BCUT2D eigenvalue weighted by Gasteiger charge is 2.20. The van der Waals surface area contributed by atoms with Crippen molar-refractivity contribution >= 4 is 28.2 Å². The van der Waals surface area contributed by atoms with Crippen LogP contribution in [-0.4, -0.2) is 47.7 Å². The van der Waals surface area contributed by atoms with Crippen LogP contribution in [0.4, 0.5) is 11.4 Å². The van der Waals surface area contributed by atoms with Crippen LogP contribution in [0.15, 0.2) is 58.8 Å². The number of aromatic nitrogens is 1. The molecule has 7 nitrogen and oxygen atoms in total. The molecule has 4 rings (SSSR count). The Labute approximate surface area is 169 Å². The van der Waals surface area contributed by atoms with Crippen molar-refractivity contribution in [1.29, 1.82) is 0 Å². The van der Waals surface area contributed by atoms with Crippen LogP contribution < -0.4 is 4.90 Å². The number of nitrogens with zero attached hydrogens (tertiary/aromatic N) is 5. The third kappa shape index (κ3) is 3.86. The summed E-state index contributed by atoms with van der Waals surface area (Å²) >= 11 is 0. The minimum absolute atomic E-state index is 0.0394. The van der Waals surface area contributed by atoms with Gasteiger partial charge in [-0.1, -0.05) is 18.2 Å². The summed E-state index contributed by atoms with van der Waals surface area (Å²) in [5.41, 5.74) is 2.67. The van der Waals surface area contributed by atoms with E-state index in [0.717, 1.165) is 29.7 Å². The molecule has 3 aromatic rings. The molecule has 2 heterocycles. The molecule has 0 aliphatic carbocycles. The van der Waals surface area contributed by atoms with E-state index in [1.165, 1.54) is 12.8 Å². The molecule has 1 fully saturated rings. The molecule has 1 saturated heterocycles. The number of anilines is 1. The van der Waals surface area contributed by atoms with Crippen LogP contribution in [0.3, 0.4) is 0 Å². The summed E-state index contributed by atoms with van der Waals surface area (Å²) in [5.74, 6) is -0.399. The largest absolute Gasteiger partial charge is 0.493 e. The van der Waals surface area contributed by atoms with Crippen molar-refractivity contribution in [3.63, 3.8) is 0 Å². The van der Waals surface area contributed by atoms with Crippen molar-refractivity contribution in [2.75, 3.05) is 32.1 Å². The lowest BCUT2D eigenvalue weighted by atomic mass is 10.2. The summed E-state index contributed by atoms with van der Waals surface area (Å²) in [5, 5.41) is 19.6. The zero-order valence-corrected chi connectivity index (χ0v) is 16.7. The van der Waals surface area contributed by atoms with E-state index >= 15 is 0 Å². The van der Waals surface area contributed by atoms with E-state index in [4.69, 9.17) is 0 Å². The van der Waals surface area contributed by atoms with E-state index < -0.39 is 5.91 Å². The molecule has 7 heteroatoms. The first-order valence-corrected chi connectivity index (χ1v) is 9.80. The van der Waals surface area contributed by atoms with Gasteiger partial charge in [0.2, 0.25) is 5.88 Å². The predicted molar refractivity (Wildman–Crippen MR) is 114 cm³/mol. The van der Waals surface area contributed by atoms with Crippen molar-refractivity contribution in [2.45, 2.75) is 19.5 Å².